The van der Waals surface area contributed by atoms with Crippen molar-refractivity contribution in [2.75, 3.05) is 26.0 Å². The Labute approximate surface area is 125 Å². The molecular weight excluding hydrogens is 270 g/mol. The summed E-state index contributed by atoms with van der Waals surface area (Å²) in [6, 6.07) is 9.84. The number of methoxy groups -OCH3 is 1. The van der Waals surface area contributed by atoms with Crippen LogP contribution >= 0.6 is 11.8 Å². The quantitative estimate of drug-likeness (QED) is 0.819. The smallest absolute Gasteiger partial charge is 0.314 e. The molecule has 20 heavy (non-hydrogen) atoms. The lowest BCUT2D eigenvalue weighted by Crippen LogP contribution is -2.37. The first-order valence-electron chi connectivity index (χ1n) is 7.12. The van der Waals surface area contributed by atoms with Crippen LogP contribution in [0.15, 0.2) is 30.3 Å². The van der Waals surface area contributed by atoms with E-state index >= 15 is 0 Å². The number of hydrogen-bond donors (Lipinski definition) is 1. The van der Waals surface area contributed by atoms with Crippen LogP contribution in [0.2, 0.25) is 0 Å². The number of thioether (sulfide) groups is 1. The fraction of sp³-hybridized carbons (Fsp3) is 0.562. The molecule has 1 aliphatic heterocycles. The lowest BCUT2D eigenvalue weighted by molar-refractivity contribution is -0.142. The minimum atomic E-state index is -0.226. The molecule has 1 heterocycles. The van der Waals surface area contributed by atoms with Gasteiger partial charge in [0.15, 0.2) is 0 Å². The average Bonchev–Trinajstić information content (AvgIpc) is 2.91. The molecule has 1 aromatic rings. The summed E-state index contributed by atoms with van der Waals surface area (Å²) in [6.45, 7) is 3.87. The molecule has 0 aromatic heterocycles. The molecule has 0 amide bonds. The number of esters is 1. The first-order valence-corrected chi connectivity index (χ1v) is 8.11. The van der Waals surface area contributed by atoms with Gasteiger partial charge in [-0.15, -0.1) is 0 Å². The number of rotatable bonds is 6. The zero-order chi connectivity index (χ0) is 14.4. The summed E-state index contributed by atoms with van der Waals surface area (Å²) in [4.78, 5) is 12.0. The zero-order valence-electron chi connectivity index (χ0n) is 12.2. The predicted octanol–water partition coefficient (Wildman–Crippen LogP) is 2.82. The molecule has 2 unspecified atom stereocenters. The third-order valence-electron chi connectivity index (χ3n) is 3.84. The Morgan fingerprint density at radius 3 is 2.80 bits per heavy atom. The maximum Gasteiger partial charge on any atom is 0.314 e. The molecule has 0 bridgehead atoms. The van der Waals surface area contributed by atoms with Crippen molar-refractivity contribution in [2.24, 2.45) is 0 Å². The Balaban J connectivity index is 1.93. The second kappa shape index (κ2) is 7.14. The lowest BCUT2D eigenvalue weighted by Gasteiger charge is -2.24. The van der Waals surface area contributed by atoms with Crippen molar-refractivity contribution in [1.82, 2.24) is 5.32 Å². The minimum Gasteiger partial charge on any atom is -0.469 e. The Bertz CT molecular complexity index is 429. The SMILES string of the molecule is COC(=O)C(CNCC1(C)CCCS1)c1ccccc1. The summed E-state index contributed by atoms with van der Waals surface area (Å²) in [5.74, 6) is 0.848. The van der Waals surface area contributed by atoms with E-state index in [1.807, 2.05) is 42.1 Å². The normalized spacial score (nSPS) is 23.5. The highest BCUT2D eigenvalue weighted by Crippen LogP contribution is 2.37. The van der Waals surface area contributed by atoms with Crippen LogP contribution in [-0.2, 0) is 9.53 Å². The molecule has 2 atom stereocenters. The van der Waals surface area contributed by atoms with Crippen LogP contribution < -0.4 is 5.32 Å². The van der Waals surface area contributed by atoms with Gasteiger partial charge < -0.3 is 10.1 Å². The van der Waals surface area contributed by atoms with Crippen molar-refractivity contribution in [2.45, 2.75) is 30.4 Å². The van der Waals surface area contributed by atoms with Crippen LogP contribution in [0.4, 0.5) is 0 Å². The number of ether oxygens (including phenoxy) is 1. The highest BCUT2D eigenvalue weighted by atomic mass is 32.2. The van der Waals surface area contributed by atoms with Crippen LogP contribution in [0.3, 0.4) is 0 Å². The fourth-order valence-corrected chi connectivity index (χ4v) is 3.90. The summed E-state index contributed by atoms with van der Waals surface area (Å²) < 4.78 is 5.25. The zero-order valence-corrected chi connectivity index (χ0v) is 13.0. The van der Waals surface area contributed by atoms with Gasteiger partial charge in [-0.1, -0.05) is 30.3 Å². The Kier molecular flexibility index (Phi) is 5.49. The Morgan fingerprint density at radius 2 is 2.20 bits per heavy atom. The van der Waals surface area contributed by atoms with E-state index in [4.69, 9.17) is 4.74 Å². The van der Waals surface area contributed by atoms with Crippen LogP contribution in [0.5, 0.6) is 0 Å². The fourth-order valence-electron chi connectivity index (χ4n) is 2.62. The molecule has 1 fully saturated rings. The van der Waals surface area contributed by atoms with Gasteiger partial charge >= 0.3 is 5.97 Å². The van der Waals surface area contributed by atoms with E-state index in [1.54, 1.807) is 0 Å². The molecule has 3 nitrogen and oxygen atoms in total. The molecule has 0 saturated carbocycles. The third kappa shape index (κ3) is 4.00. The maximum absolute atomic E-state index is 12.0. The third-order valence-corrected chi connectivity index (χ3v) is 5.37. The predicted molar refractivity (Wildman–Crippen MR) is 84.2 cm³/mol. The van der Waals surface area contributed by atoms with E-state index in [1.165, 1.54) is 25.7 Å². The summed E-state index contributed by atoms with van der Waals surface area (Å²) in [5, 5.41) is 3.46. The monoisotopic (exact) mass is 293 g/mol. The van der Waals surface area contributed by atoms with Crippen molar-refractivity contribution in [3.8, 4) is 0 Å². The number of hydrogen-bond acceptors (Lipinski definition) is 4. The molecule has 1 aromatic carbocycles. The van der Waals surface area contributed by atoms with Gasteiger partial charge in [-0.2, -0.15) is 11.8 Å². The summed E-state index contributed by atoms with van der Waals surface area (Å²) in [6.07, 6.45) is 2.54. The Hall–Kier alpha value is -1.00. The van der Waals surface area contributed by atoms with Gasteiger partial charge in [-0.25, -0.2) is 0 Å². The van der Waals surface area contributed by atoms with Crippen LogP contribution in [0.1, 0.15) is 31.2 Å². The topological polar surface area (TPSA) is 38.3 Å². The molecule has 1 saturated heterocycles. The number of carbonyl (C=O) groups excluding carboxylic acids is 1. The molecule has 1 aliphatic rings. The summed E-state index contributed by atoms with van der Waals surface area (Å²) in [5.41, 5.74) is 1.01. The van der Waals surface area contributed by atoms with Gasteiger partial charge in [0, 0.05) is 17.8 Å². The standard InChI is InChI=1S/C16H23NO2S/c1-16(9-6-10-20-16)12-17-11-14(15(18)19-2)13-7-4-3-5-8-13/h3-5,7-8,14,17H,6,9-12H2,1-2H3. The second-order valence-corrected chi connectivity index (χ2v) is 7.20. The van der Waals surface area contributed by atoms with Gasteiger partial charge in [-0.05, 0) is 31.1 Å². The molecule has 4 heteroatoms. The van der Waals surface area contributed by atoms with Gasteiger partial charge in [0.1, 0.15) is 0 Å². The molecule has 2 rings (SSSR count). The highest BCUT2D eigenvalue weighted by molar-refractivity contribution is 8.00. The largest absolute Gasteiger partial charge is 0.469 e. The minimum absolute atomic E-state index is 0.173. The van der Waals surface area contributed by atoms with Crippen molar-refractivity contribution in [3.05, 3.63) is 35.9 Å². The van der Waals surface area contributed by atoms with Gasteiger partial charge in [-0.3, -0.25) is 4.79 Å². The highest BCUT2D eigenvalue weighted by Gasteiger charge is 2.30. The number of carbonyl (C=O) groups is 1. The van der Waals surface area contributed by atoms with Gasteiger partial charge in [0.05, 0.1) is 13.0 Å². The second-order valence-electron chi connectivity index (χ2n) is 5.52. The molecule has 0 radical (unpaired) electrons. The molecular formula is C16H23NO2S. The summed E-state index contributed by atoms with van der Waals surface area (Å²) >= 11 is 2.03. The van der Waals surface area contributed by atoms with Crippen LogP contribution in [-0.4, -0.2) is 36.7 Å². The molecule has 0 aliphatic carbocycles. The maximum atomic E-state index is 12.0. The lowest BCUT2D eigenvalue weighted by atomic mass is 9.98. The van der Waals surface area contributed by atoms with Crippen LogP contribution in [0, 0.1) is 0 Å². The number of nitrogens with one attached hydrogen (secondary N) is 1. The molecule has 0 spiro atoms. The van der Waals surface area contributed by atoms with E-state index in [0.29, 0.717) is 11.3 Å². The van der Waals surface area contributed by atoms with E-state index < -0.39 is 0 Å². The summed E-state index contributed by atoms with van der Waals surface area (Å²) in [7, 11) is 1.45. The number of benzene rings is 1. The van der Waals surface area contributed by atoms with E-state index in [-0.39, 0.29) is 11.9 Å². The van der Waals surface area contributed by atoms with Gasteiger partial charge in [0.2, 0.25) is 0 Å². The van der Waals surface area contributed by atoms with Crippen molar-refractivity contribution >= 4 is 17.7 Å². The van der Waals surface area contributed by atoms with Crippen molar-refractivity contribution in [1.29, 1.82) is 0 Å². The van der Waals surface area contributed by atoms with Crippen molar-refractivity contribution < 1.29 is 9.53 Å². The van der Waals surface area contributed by atoms with Crippen LogP contribution in [0.25, 0.3) is 0 Å². The van der Waals surface area contributed by atoms with Crippen molar-refractivity contribution in [3.63, 3.8) is 0 Å². The Morgan fingerprint density at radius 1 is 1.45 bits per heavy atom. The molecule has 1 N–H and O–H groups in total. The molecule has 110 valence electrons. The van der Waals surface area contributed by atoms with E-state index in [9.17, 15) is 4.79 Å². The van der Waals surface area contributed by atoms with E-state index in [2.05, 4.69) is 12.2 Å². The van der Waals surface area contributed by atoms with Gasteiger partial charge in [0.25, 0.3) is 0 Å². The average molecular weight is 293 g/mol. The first-order chi connectivity index (χ1) is 9.64. The van der Waals surface area contributed by atoms with E-state index in [0.717, 1.165) is 12.1 Å². The first kappa shape index (κ1) is 15.4.